The summed E-state index contributed by atoms with van der Waals surface area (Å²) in [4.78, 5) is 24.5. The normalized spacial score (nSPS) is 17.7. The average molecular weight is 300 g/mol. The molecule has 0 aromatic rings. The number of carbonyl (C=O) groups is 2. The minimum Gasteiger partial charge on any atom is -0.489 e. The molecule has 0 bridgehead atoms. The van der Waals surface area contributed by atoms with Crippen LogP contribution in [0, 0.1) is 0 Å². The summed E-state index contributed by atoms with van der Waals surface area (Å²) in [6.45, 7) is 1.69. The zero-order chi connectivity index (χ0) is 15.5. The molecule has 0 N–H and O–H groups in total. The molecule has 20 heavy (non-hydrogen) atoms. The van der Waals surface area contributed by atoms with Crippen molar-refractivity contribution in [3.8, 4) is 0 Å². The van der Waals surface area contributed by atoms with Crippen LogP contribution in [0.1, 0.15) is 19.8 Å². The molecule has 1 aliphatic carbocycles. The van der Waals surface area contributed by atoms with Gasteiger partial charge in [-0.3, -0.25) is 9.59 Å². The first-order chi connectivity index (χ1) is 9.22. The Morgan fingerprint density at radius 2 is 1.45 bits per heavy atom. The highest BCUT2D eigenvalue weighted by Gasteiger charge is 2.34. The standard InChI is InChI=1S/C15H24O4S/c1-10-11(8-7-9-20(4,5)6)13(17)15(19-3)14(18-2)12(10)16/h7-9H2,1-6H3. The molecular formula is C15H24O4S. The quantitative estimate of drug-likeness (QED) is 0.707. The van der Waals surface area contributed by atoms with E-state index in [1.807, 2.05) is 0 Å². The van der Waals surface area contributed by atoms with Gasteiger partial charge in [-0.1, -0.05) is 0 Å². The Hall–Kier alpha value is -1.23. The number of allylic oxidation sites excluding steroid dienone is 2. The molecule has 0 radical (unpaired) electrons. The Balaban J connectivity index is 2.95. The van der Waals surface area contributed by atoms with Crippen LogP contribution < -0.4 is 0 Å². The second-order valence-electron chi connectivity index (χ2n) is 5.73. The third kappa shape index (κ3) is 3.66. The Bertz CT molecular complexity index is 481. The molecule has 0 aromatic heterocycles. The van der Waals surface area contributed by atoms with Gasteiger partial charge in [-0.15, -0.1) is 0 Å². The van der Waals surface area contributed by atoms with Gasteiger partial charge in [0.25, 0.3) is 0 Å². The lowest BCUT2D eigenvalue weighted by atomic mass is 9.90. The molecule has 5 heteroatoms. The van der Waals surface area contributed by atoms with Crippen molar-refractivity contribution in [2.75, 3.05) is 38.7 Å². The van der Waals surface area contributed by atoms with Gasteiger partial charge in [0.1, 0.15) is 0 Å². The molecule has 114 valence electrons. The minimum atomic E-state index is -0.595. The van der Waals surface area contributed by atoms with Crippen LogP contribution in [0.15, 0.2) is 22.7 Å². The Labute approximate surface area is 122 Å². The first-order valence-corrected chi connectivity index (χ1v) is 9.53. The average Bonchev–Trinajstić information content (AvgIpc) is 2.36. The maximum Gasteiger partial charge on any atom is 0.228 e. The van der Waals surface area contributed by atoms with Crippen LogP contribution in [-0.4, -0.2) is 50.3 Å². The van der Waals surface area contributed by atoms with E-state index in [-0.39, 0.29) is 23.1 Å². The van der Waals surface area contributed by atoms with Crippen LogP contribution in [-0.2, 0) is 19.1 Å². The van der Waals surface area contributed by atoms with Gasteiger partial charge in [0.2, 0.25) is 23.1 Å². The summed E-state index contributed by atoms with van der Waals surface area (Å²) in [6.07, 6.45) is 8.25. The molecule has 0 aliphatic heterocycles. The summed E-state index contributed by atoms with van der Waals surface area (Å²) in [6, 6.07) is 0. The summed E-state index contributed by atoms with van der Waals surface area (Å²) in [7, 11) is 2.17. The molecule has 0 amide bonds. The van der Waals surface area contributed by atoms with Crippen LogP contribution in [0.3, 0.4) is 0 Å². The lowest BCUT2D eigenvalue weighted by Gasteiger charge is -2.26. The van der Waals surface area contributed by atoms with E-state index in [9.17, 15) is 9.59 Å². The molecule has 0 unspecified atom stereocenters. The zero-order valence-corrected chi connectivity index (χ0v) is 14.0. The van der Waals surface area contributed by atoms with Crippen molar-refractivity contribution in [2.24, 2.45) is 0 Å². The number of methoxy groups -OCH3 is 2. The molecule has 4 nitrogen and oxygen atoms in total. The lowest BCUT2D eigenvalue weighted by molar-refractivity contribution is -0.121. The van der Waals surface area contributed by atoms with Gasteiger partial charge in [0, 0.05) is 11.1 Å². The van der Waals surface area contributed by atoms with Crippen molar-refractivity contribution in [1.29, 1.82) is 0 Å². The number of hydrogen-bond donors (Lipinski definition) is 0. The minimum absolute atomic E-state index is 0.0141. The smallest absolute Gasteiger partial charge is 0.228 e. The highest BCUT2D eigenvalue weighted by atomic mass is 32.3. The number of Topliss-reactive ketones (excluding diaryl/α,β-unsaturated/α-hetero) is 2. The second-order valence-corrected chi connectivity index (χ2v) is 10.3. The van der Waals surface area contributed by atoms with Crippen LogP contribution in [0.25, 0.3) is 0 Å². The maximum absolute atomic E-state index is 12.4. The molecule has 0 heterocycles. The Morgan fingerprint density at radius 1 is 0.950 bits per heavy atom. The van der Waals surface area contributed by atoms with Crippen LogP contribution in [0.5, 0.6) is 0 Å². The van der Waals surface area contributed by atoms with Crippen molar-refractivity contribution in [2.45, 2.75) is 19.8 Å². The van der Waals surface area contributed by atoms with Crippen molar-refractivity contribution >= 4 is 21.6 Å². The summed E-state index contributed by atoms with van der Waals surface area (Å²) >= 11 is 0. The van der Waals surface area contributed by atoms with Gasteiger partial charge in [-0.25, -0.2) is 10.0 Å². The van der Waals surface area contributed by atoms with E-state index in [1.54, 1.807) is 6.92 Å². The van der Waals surface area contributed by atoms with E-state index in [1.165, 1.54) is 14.2 Å². The molecular weight excluding hydrogens is 276 g/mol. The Kier molecular flexibility index (Phi) is 5.45. The molecule has 0 saturated heterocycles. The summed E-state index contributed by atoms with van der Waals surface area (Å²) < 4.78 is 10.1. The molecule has 1 aliphatic rings. The van der Waals surface area contributed by atoms with Gasteiger partial charge in [0.15, 0.2) is 0 Å². The lowest BCUT2D eigenvalue weighted by Crippen LogP contribution is -2.25. The van der Waals surface area contributed by atoms with Crippen LogP contribution in [0.4, 0.5) is 0 Å². The number of rotatable bonds is 6. The molecule has 0 fully saturated rings. The topological polar surface area (TPSA) is 52.6 Å². The monoisotopic (exact) mass is 300 g/mol. The number of carbonyl (C=O) groups excluding carboxylic acids is 2. The highest BCUT2D eigenvalue weighted by Crippen LogP contribution is 2.37. The third-order valence-corrected chi connectivity index (χ3v) is 4.79. The summed E-state index contributed by atoms with van der Waals surface area (Å²) in [5.74, 6) is 0.655. The zero-order valence-electron chi connectivity index (χ0n) is 13.2. The first-order valence-electron chi connectivity index (χ1n) is 6.50. The fourth-order valence-corrected chi connectivity index (χ4v) is 3.19. The molecule has 0 aromatic carbocycles. The predicted molar refractivity (Wildman–Crippen MR) is 83.2 cm³/mol. The van der Waals surface area contributed by atoms with Gasteiger partial charge in [-0.05, 0) is 44.3 Å². The van der Waals surface area contributed by atoms with Crippen molar-refractivity contribution < 1.29 is 19.1 Å². The summed E-state index contributed by atoms with van der Waals surface area (Å²) in [5, 5.41) is 0. The molecule has 0 atom stereocenters. The SMILES string of the molecule is COC1=C(OC)C(=O)C(CCCS(C)(C)C)=C(C)C1=O. The van der Waals surface area contributed by atoms with Crippen molar-refractivity contribution in [3.63, 3.8) is 0 Å². The predicted octanol–water partition coefficient (Wildman–Crippen LogP) is 2.43. The fourth-order valence-electron chi connectivity index (χ4n) is 2.17. The highest BCUT2D eigenvalue weighted by molar-refractivity contribution is 8.32. The second kappa shape index (κ2) is 6.48. The third-order valence-electron chi connectivity index (χ3n) is 3.28. The number of ketones is 2. The van der Waals surface area contributed by atoms with E-state index in [0.717, 1.165) is 12.2 Å². The number of ether oxygens (including phenoxy) is 2. The Morgan fingerprint density at radius 3 is 1.90 bits per heavy atom. The summed E-state index contributed by atoms with van der Waals surface area (Å²) in [5.41, 5.74) is 1.05. The van der Waals surface area contributed by atoms with Gasteiger partial charge in [0.05, 0.1) is 14.2 Å². The van der Waals surface area contributed by atoms with Crippen LogP contribution >= 0.6 is 10.0 Å². The number of hydrogen-bond acceptors (Lipinski definition) is 4. The fraction of sp³-hybridized carbons (Fsp3) is 0.600. The van der Waals surface area contributed by atoms with Crippen molar-refractivity contribution in [1.82, 2.24) is 0 Å². The molecule has 1 rings (SSSR count). The van der Waals surface area contributed by atoms with E-state index in [2.05, 4.69) is 18.8 Å². The van der Waals surface area contributed by atoms with E-state index in [4.69, 9.17) is 9.47 Å². The van der Waals surface area contributed by atoms with Crippen LogP contribution in [0.2, 0.25) is 0 Å². The molecule has 0 saturated carbocycles. The largest absolute Gasteiger partial charge is 0.489 e. The van der Waals surface area contributed by atoms with Gasteiger partial charge in [-0.2, -0.15) is 0 Å². The van der Waals surface area contributed by atoms with Crippen molar-refractivity contribution in [3.05, 3.63) is 22.7 Å². The van der Waals surface area contributed by atoms with E-state index < -0.39 is 10.0 Å². The van der Waals surface area contributed by atoms with E-state index >= 15 is 0 Å². The molecule has 0 spiro atoms. The van der Waals surface area contributed by atoms with E-state index in [0.29, 0.717) is 17.6 Å². The van der Waals surface area contributed by atoms with Gasteiger partial charge >= 0.3 is 0 Å². The first kappa shape index (κ1) is 16.8. The van der Waals surface area contributed by atoms with Gasteiger partial charge < -0.3 is 9.47 Å². The maximum atomic E-state index is 12.4.